The maximum Gasteiger partial charge on any atom is 0.0756 e. The quantitative estimate of drug-likeness (QED) is 0.875. The molecule has 2 rings (SSSR count). The lowest BCUT2D eigenvalue weighted by molar-refractivity contribution is 0.499. The van der Waals surface area contributed by atoms with Crippen molar-refractivity contribution in [3.8, 4) is 0 Å². The van der Waals surface area contributed by atoms with Gasteiger partial charge in [0, 0.05) is 31.0 Å². The van der Waals surface area contributed by atoms with E-state index in [-0.39, 0.29) is 6.04 Å². The van der Waals surface area contributed by atoms with Gasteiger partial charge in [0.05, 0.1) is 17.4 Å². The molecule has 2 aromatic heterocycles. The Labute approximate surface area is 101 Å². The summed E-state index contributed by atoms with van der Waals surface area (Å²) in [6.45, 7) is 6.17. The molecule has 2 heterocycles. The Bertz CT molecular complexity index is 509. The SMILES string of the molecule is Cc1nn(C)cc1C(N)c1ccnn1C(C)C. The van der Waals surface area contributed by atoms with Crippen LogP contribution in [0.15, 0.2) is 18.5 Å². The second-order valence-corrected chi connectivity index (χ2v) is 4.62. The number of hydrogen-bond acceptors (Lipinski definition) is 3. The van der Waals surface area contributed by atoms with Crippen molar-refractivity contribution in [3.63, 3.8) is 0 Å². The summed E-state index contributed by atoms with van der Waals surface area (Å²) in [5, 5.41) is 8.63. The zero-order valence-corrected chi connectivity index (χ0v) is 10.8. The maximum absolute atomic E-state index is 6.30. The Kier molecular flexibility index (Phi) is 3.02. The van der Waals surface area contributed by atoms with Gasteiger partial charge in [-0.05, 0) is 26.8 Å². The molecule has 1 atom stereocenters. The van der Waals surface area contributed by atoms with Crippen molar-refractivity contribution in [3.05, 3.63) is 35.4 Å². The van der Waals surface area contributed by atoms with E-state index >= 15 is 0 Å². The third-order valence-electron chi connectivity index (χ3n) is 2.90. The zero-order valence-electron chi connectivity index (χ0n) is 10.8. The second-order valence-electron chi connectivity index (χ2n) is 4.62. The van der Waals surface area contributed by atoms with Crippen molar-refractivity contribution in [2.75, 3.05) is 0 Å². The number of nitrogens with two attached hydrogens (primary N) is 1. The molecule has 17 heavy (non-hydrogen) atoms. The number of aromatic nitrogens is 4. The Morgan fingerprint density at radius 3 is 2.59 bits per heavy atom. The Balaban J connectivity index is 2.40. The van der Waals surface area contributed by atoms with Gasteiger partial charge in [-0.25, -0.2) is 0 Å². The van der Waals surface area contributed by atoms with Crippen molar-refractivity contribution in [1.82, 2.24) is 19.6 Å². The van der Waals surface area contributed by atoms with E-state index in [1.54, 1.807) is 10.9 Å². The zero-order chi connectivity index (χ0) is 12.6. The lowest BCUT2D eigenvalue weighted by Crippen LogP contribution is -2.19. The minimum absolute atomic E-state index is 0.173. The van der Waals surface area contributed by atoms with E-state index in [1.165, 1.54) is 0 Å². The fourth-order valence-electron chi connectivity index (χ4n) is 2.08. The highest BCUT2D eigenvalue weighted by Crippen LogP contribution is 2.23. The van der Waals surface area contributed by atoms with Gasteiger partial charge in [-0.1, -0.05) is 0 Å². The minimum atomic E-state index is -0.173. The molecule has 5 heteroatoms. The third-order valence-corrected chi connectivity index (χ3v) is 2.90. The summed E-state index contributed by atoms with van der Waals surface area (Å²) in [7, 11) is 1.91. The van der Waals surface area contributed by atoms with E-state index in [0.29, 0.717) is 6.04 Å². The van der Waals surface area contributed by atoms with Crippen LogP contribution < -0.4 is 5.73 Å². The van der Waals surface area contributed by atoms with Gasteiger partial charge in [0.1, 0.15) is 0 Å². The van der Waals surface area contributed by atoms with Crippen molar-refractivity contribution in [1.29, 1.82) is 0 Å². The lowest BCUT2D eigenvalue weighted by Gasteiger charge is -2.16. The van der Waals surface area contributed by atoms with Crippen LogP contribution in [0.2, 0.25) is 0 Å². The van der Waals surface area contributed by atoms with Crippen LogP contribution in [0.3, 0.4) is 0 Å². The average Bonchev–Trinajstić information content (AvgIpc) is 2.83. The van der Waals surface area contributed by atoms with E-state index in [1.807, 2.05) is 30.9 Å². The molecule has 2 N–H and O–H groups in total. The lowest BCUT2D eigenvalue weighted by atomic mass is 10.1. The summed E-state index contributed by atoms with van der Waals surface area (Å²) >= 11 is 0. The molecule has 0 aliphatic rings. The van der Waals surface area contributed by atoms with Crippen LogP contribution in [0.25, 0.3) is 0 Å². The van der Waals surface area contributed by atoms with Gasteiger partial charge < -0.3 is 5.73 Å². The Morgan fingerprint density at radius 2 is 2.06 bits per heavy atom. The average molecular weight is 233 g/mol. The van der Waals surface area contributed by atoms with Crippen LogP contribution in [-0.2, 0) is 7.05 Å². The summed E-state index contributed by atoms with van der Waals surface area (Å²) in [4.78, 5) is 0. The number of hydrogen-bond donors (Lipinski definition) is 1. The first-order valence-corrected chi connectivity index (χ1v) is 5.80. The molecule has 0 bridgehead atoms. The van der Waals surface area contributed by atoms with Gasteiger partial charge >= 0.3 is 0 Å². The van der Waals surface area contributed by atoms with Crippen LogP contribution in [0, 0.1) is 6.92 Å². The first-order valence-electron chi connectivity index (χ1n) is 5.80. The Hall–Kier alpha value is -1.62. The summed E-state index contributed by atoms with van der Waals surface area (Å²) < 4.78 is 3.75. The van der Waals surface area contributed by atoms with Crippen molar-refractivity contribution >= 4 is 0 Å². The molecular formula is C12H19N5. The largest absolute Gasteiger partial charge is 0.319 e. The van der Waals surface area contributed by atoms with E-state index in [2.05, 4.69) is 24.0 Å². The molecule has 0 aliphatic heterocycles. The fraction of sp³-hybridized carbons (Fsp3) is 0.500. The summed E-state index contributed by atoms with van der Waals surface area (Å²) in [6, 6.07) is 2.11. The van der Waals surface area contributed by atoms with Crippen LogP contribution in [0.4, 0.5) is 0 Å². The fourth-order valence-corrected chi connectivity index (χ4v) is 2.08. The Morgan fingerprint density at radius 1 is 1.35 bits per heavy atom. The van der Waals surface area contributed by atoms with Gasteiger partial charge in [0.2, 0.25) is 0 Å². The van der Waals surface area contributed by atoms with Crippen molar-refractivity contribution in [2.45, 2.75) is 32.9 Å². The monoisotopic (exact) mass is 233 g/mol. The predicted molar refractivity (Wildman–Crippen MR) is 66.6 cm³/mol. The minimum Gasteiger partial charge on any atom is -0.319 e. The van der Waals surface area contributed by atoms with Crippen LogP contribution in [-0.4, -0.2) is 19.6 Å². The topological polar surface area (TPSA) is 61.7 Å². The van der Waals surface area contributed by atoms with E-state index in [4.69, 9.17) is 5.73 Å². The van der Waals surface area contributed by atoms with Crippen LogP contribution in [0.5, 0.6) is 0 Å². The number of aryl methyl sites for hydroxylation is 2. The van der Waals surface area contributed by atoms with Gasteiger partial charge in [-0.15, -0.1) is 0 Å². The van der Waals surface area contributed by atoms with Gasteiger partial charge in [-0.3, -0.25) is 9.36 Å². The summed E-state index contributed by atoms with van der Waals surface area (Å²) in [5.74, 6) is 0. The molecule has 92 valence electrons. The highest BCUT2D eigenvalue weighted by Gasteiger charge is 2.19. The van der Waals surface area contributed by atoms with Gasteiger partial charge in [-0.2, -0.15) is 10.2 Å². The number of rotatable bonds is 3. The summed E-state index contributed by atoms with van der Waals surface area (Å²) in [6.07, 6.45) is 3.76. The molecule has 0 aliphatic carbocycles. The van der Waals surface area contributed by atoms with Gasteiger partial charge in [0.15, 0.2) is 0 Å². The second kappa shape index (κ2) is 4.33. The summed E-state index contributed by atoms with van der Waals surface area (Å²) in [5.41, 5.74) is 9.34. The highest BCUT2D eigenvalue weighted by atomic mass is 15.3. The van der Waals surface area contributed by atoms with E-state index in [9.17, 15) is 0 Å². The molecule has 0 fully saturated rings. The molecule has 0 saturated carbocycles. The van der Waals surface area contributed by atoms with Crippen molar-refractivity contribution < 1.29 is 0 Å². The van der Waals surface area contributed by atoms with Crippen molar-refractivity contribution in [2.24, 2.45) is 12.8 Å². The normalized spacial score (nSPS) is 13.3. The highest BCUT2D eigenvalue weighted by molar-refractivity contribution is 5.28. The molecule has 1 unspecified atom stereocenters. The molecule has 5 nitrogen and oxygen atoms in total. The van der Waals surface area contributed by atoms with E-state index in [0.717, 1.165) is 17.0 Å². The molecular weight excluding hydrogens is 214 g/mol. The van der Waals surface area contributed by atoms with Gasteiger partial charge in [0.25, 0.3) is 0 Å². The van der Waals surface area contributed by atoms with Crippen LogP contribution >= 0.6 is 0 Å². The molecule has 0 spiro atoms. The molecule has 0 amide bonds. The predicted octanol–water partition coefficient (Wildman–Crippen LogP) is 1.55. The standard InChI is InChI=1S/C12H19N5/c1-8(2)17-11(5-6-14-17)12(13)10-7-16(4)15-9(10)3/h5-8,12H,13H2,1-4H3. The first-order chi connectivity index (χ1) is 8.00. The third kappa shape index (κ3) is 2.10. The molecule has 2 aromatic rings. The number of nitrogens with zero attached hydrogens (tertiary/aromatic N) is 4. The van der Waals surface area contributed by atoms with E-state index < -0.39 is 0 Å². The van der Waals surface area contributed by atoms with Crippen LogP contribution in [0.1, 0.15) is 42.9 Å². The first kappa shape index (κ1) is 11.9. The molecule has 0 aromatic carbocycles. The molecule has 0 saturated heterocycles. The maximum atomic E-state index is 6.30. The molecule has 0 radical (unpaired) electrons. The smallest absolute Gasteiger partial charge is 0.0756 e.